The molecule has 5 aromatic rings. The van der Waals surface area contributed by atoms with Crippen molar-refractivity contribution in [1.29, 1.82) is 0 Å². The Hall–Kier alpha value is -4.79. The number of aliphatic hydroxyl groups excluding tert-OH is 1. The molecule has 5 aromatic carbocycles. The van der Waals surface area contributed by atoms with E-state index < -0.39 is 6.29 Å². The number of hydrogen-bond donors (Lipinski definition) is 3. The maximum Gasteiger partial charge on any atom is 0.315 e. The number of benzene rings is 5. The van der Waals surface area contributed by atoms with E-state index in [1.165, 1.54) is 11.1 Å². The van der Waals surface area contributed by atoms with E-state index in [-0.39, 0.29) is 24.8 Å². The molecule has 6 rings (SSSR count). The molecule has 1 heterocycles. The Morgan fingerprint density at radius 3 is 1.98 bits per heavy atom. The molecule has 1 fully saturated rings. The molecule has 7 nitrogen and oxygen atoms in total. The number of aliphatic hydroxyl groups is 1. The summed E-state index contributed by atoms with van der Waals surface area (Å²) >= 11 is 0. The van der Waals surface area contributed by atoms with E-state index in [0.29, 0.717) is 19.5 Å². The number of nitrogens with one attached hydrogen (secondary N) is 2. The molecule has 0 saturated carbocycles. The maximum atomic E-state index is 12.0. The average molecular weight is 656 g/mol. The van der Waals surface area contributed by atoms with Crippen molar-refractivity contribution in [3.8, 4) is 11.1 Å². The van der Waals surface area contributed by atoms with Crippen LogP contribution in [-0.4, -0.2) is 35.2 Å². The van der Waals surface area contributed by atoms with Crippen molar-refractivity contribution in [1.82, 2.24) is 15.5 Å². The Labute approximate surface area is 289 Å². The molecule has 252 valence electrons. The summed E-state index contributed by atoms with van der Waals surface area (Å²) in [6.07, 6.45) is -0.144. The van der Waals surface area contributed by atoms with Gasteiger partial charge in [-0.25, -0.2) is 4.79 Å². The van der Waals surface area contributed by atoms with Gasteiger partial charge >= 0.3 is 6.03 Å². The first-order chi connectivity index (χ1) is 24.1. The van der Waals surface area contributed by atoms with E-state index in [1.807, 2.05) is 37.3 Å². The highest BCUT2D eigenvalue weighted by Gasteiger charge is 2.33. The Morgan fingerprint density at radius 2 is 1.33 bits per heavy atom. The molecule has 1 saturated heterocycles. The summed E-state index contributed by atoms with van der Waals surface area (Å²) in [4.78, 5) is 14.4. The number of urea groups is 1. The number of carbonyl (C=O) groups excluding carboxylic acids is 1. The zero-order valence-electron chi connectivity index (χ0n) is 28.0. The van der Waals surface area contributed by atoms with Gasteiger partial charge in [0.2, 0.25) is 0 Å². The van der Waals surface area contributed by atoms with Crippen LogP contribution in [0, 0.1) is 0 Å². The lowest BCUT2D eigenvalue weighted by Gasteiger charge is -2.38. The first-order valence-corrected chi connectivity index (χ1v) is 17.1. The molecule has 0 radical (unpaired) electrons. The minimum absolute atomic E-state index is 0.00406. The fraction of sp³-hybridized carbons (Fsp3) is 0.262. The smallest absolute Gasteiger partial charge is 0.315 e. The summed E-state index contributed by atoms with van der Waals surface area (Å²) in [5.74, 6) is 0. The third-order valence-electron chi connectivity index (χ3n) is 8.78. The van der Waals surface area contributed by atoms with Crippen molar-refractivity contribution < 1.29 is 19.4 Å². The second-order valence-electron chi connectivity index (χ2n) is 12.5. The van der Waals surface area contributed by atoms with Crippen molar-refractivity contribution in [3.05, 3.63) is 167 Å². The summed E-state index contributed by atoms with van der Waals surface area (Å²) in [5, 5.41) is 15.3. The van der Waals surface area contributed by atoms with E-state index in [1.54, 1.807) is 0 Å². The van der Waals surface area contributed by atoms with Crippen LogP contribution in [0.1, 0.15) is 59.1 Å². The van der Waals surface area contributed by atoms with Crippen molar-refractivity contribution >= 4 is 6.03 Å². The Bertz CT molecular complexity index is 1720. The van der Waals surface area contributed by atoms with Gasteiger partial charge in [0.1, 0.15) is 0 Å². The first kappa shape index (κ1) is 34.1. The van der Waals surface area contributed by atoms with Gasteiger partial charge in [-0.1, -0.05) is 121 Å². The Kier molecular flexibility index (Phi) is 11.9. The van der Waals surface area contributed by atoms with Gasteiger partial charge in [-0.05, 0) is 58.0 Å². The van der Waals surface area contributed by atoms with Crippen LogP contribution in [0.15, 0.2) is 133 Å². The van der Waals surface area contributed by atoms with Gasteiger partial charge in [0.05, 0.1) is 18.8 Å². The molecule has 2 amide bonds. The number of hydrogen-bond acceptors (Lipinski definition) is 5. The van der Waals surface area contributed by atoms with Gasteiger partial charge in [-0.15, -0.1) is 0 Å². The highest BCUT2D eigenvalue weighted by atomic mass is 16.7. The number of nitrogens with zero attached hydrogens (tertiary/aromatic N) is 1. The second kappa shape index (κ2) is 17.0. The minimum Gasteiger partial charge on any atom is -0.392 e. The van der Waals surface area contributed by atoms with E-state index in [9.17, 15) is 9.90 Å². The SMILES string of the molecule is CCNC(=O)NCc1cccc(-c2cccc(C3OC(CN(Cc4ccccc4)Cc4ccccc4)CC(c4ccc(CO)cc4)O3)c2)c1. The monoisotopic (exact) mass is 655 g/mol. The maximum absolute atomic E-state index is 12.0. The molecule has 1 aliphatic heterocycles. The lowest BCUT2D eigenvalue weighted by atomic mass is 9.98. The van der Waals surface area contributed by atoms with Gasteiger partial charge in [-0.2, -0.15) is 0 Å². The third-order valence-corrected chi connectivity index (χ3v) is 8.78. The minimum atomic E-state index is -0.570. The lowest BCUT2D eigenvalue weighted by Crippen LogP contribution is -2.39. The predicted octanol–water partition coefficient (Wildman–Crippen LogP) is 7.91. The standard InChI is InChI=1S/C42H45N3O4/c1-2-43-42(47)44-26-34-15-9-16-36(23-34)37-17-10-18-38(24-37)41-48-39(25-40(49-41)35-21-19-33(30-46)20-22-35)29-45(27-31-11-5-3-6-12-31)28-32-13-7-4-8-14-32/h3-24,39-41,46H,2,25-30H2,1H3,(H2,43,44,47). The van der Waals surface area contributed by atoms with Crippen molar-refractivity contribution in [2.75, 3.05) is 13.1 Å². The zero-order chi connectivity index (χ0) is 33.8. The fourth-order valence-corrected chi connectivity index (χ4v) is 6.32. The fourth-order valence-electron chi connectivity index (χ4n) is 6.32. The molecule has 0 aromatic heterocycles. The van der Waals surface area contributed by atoms with Crippen LogP contribution in [-0.2, 0) is 35.7 Å². The predicted molar refractivity (Wildman–Crippen MR) is 193 cm³/mol. The number of rotatable bonds is 13. The topological polar surface area (TPSA) is 83.1 Å². The van der Waals surface area contributed by atoms with Crippen LogP contribution in [0.4, 0.5) is 4.79 Å². The zero-order valence-corrected chi connectivity index (χ0v) is 28.0. The molecule has 0 aliphatic carbocycles. The van der Waals surface area contributed by atoms with E-state index in [2.05, 4.69) is 119 Å². The molecule has 49 heavy (non-hydrogen) atoms. The number of ether oxygens (including phenoxy) is 2. The van der Waals surface area contributed by atoms with Crippen LogP contribution >= 0.6 is 0 Å². The highest BCUT2D eigenvalue weighted by molar-refractivity contribution is 5.74. The van der Waals surface area contributed by atoms with Gasteiger partial charge in [0, 0.05) is 44.7 Å². The van der Waals surface area contributed by atoms with E-state index in [4.69, 9.17) is 9.47 Å². The average Bonchev–Trinajstić information content (AvgIpc) is 3.15. The van der Waals surface area contributed by atoms with Gasteiger partial charge in [0.15, 0.2) is 6.29 Å². The molecule has 3 atom stereocenters. The Balaban J connectivity index is 1.26. The molecule has 0 bridgehead atoms. The second-order valence-corrected chi connectivity index (χ2v) is 12.5. The van der Waals surface area contributed by atoms with Crippen LogP contribution in [0.2, 0.25) is 0 Å². The molecule has 3 unspecified atom stereocenters. The summed E-state index contributed by atoms with van der Waals surface area (Å²) in [6, 6.07) is 45.6. The van der Waals surface area contributed by atoms with Gasteiger partial charge in [0.25, 0.3) is 0 Å². The summed E-state index contributed by atoms with van der Waals surface area (Å²) in [7, 11) is 0. The van der Waals surface area contributed by atoms with Crippen molar-refractivity contribution in [3.63, 3.8) is 0 Å². The largest absolute Gasteiger partial charge is 0.392 e. The molecular weight excluding hydrogens is 610 g/mol. The Morgan fingerprint density at radius 1 is 0.694 bits per heavy atom. The van der Waals surface area contributed by atoms with E-state index in [0.717, 1.165) is 53.0 Å². The highest BCUT2D eigenvalue weighted by Crippen LogP contribution is 2.39. The van der Waals surface area contributed by atoms with Crippen LogP contribution in [0.25, 0.3) is 11.1 Å². The third kappa shape index (κ3) is 9.65. The molecule has 3 N–H and O–H groups in total. The molecular formula is C42H45N3O4. The van der Waals surface area contributed by atoms with Crippen LogP contribution in [0.3, 0.4) is 0 Å². The first-order valence-electron chi connectivity index (χ1n) is 17.1. The summed E-state index contributed by atoms with van der Waals surface area (Å²) < 4.78 is 13.5. The van der Waals surface area contributed by atoms with Crippen molar-refractivity contribution in [2.45, 2.75) is 58.1 Å². The van der Waals surface area contributed by atoms with Crippen LogP contribution in [0.5, 0.6) is 0 Å². The number of amides is 2. The van der Waals surface area contributed by atoms with Gasteiger partial charge < -0.3 is 25.2 Å². The molecule has 1 aliphatic rings. The van der Waals surface area contributed by atoms with Crippen LogP contribution < -0.4 is 10.6 Å². The normalized spacial score (nSPS) is 17.5. The summed E-state index contributed by atoms with van der Waals surface area (Å²) in [6.45, 7) is 5.26. The quantitative estimate of drug-likeness (QED) is 0.120. The summed E-state index contributed by atoms with van der Waals surface area (Å²) in [5.41, 5.74) is 8.52. The molecule has 7 heteroatoms. The number of carbonyl (C=O) groups is 1. The van der Waals surface area contributed by atoms with E-state index >= 15 is 0 Å². The van der Waals surface area contributed by atoms with Gasteiger partial charge in [-0.3, -0.25) is 4.90 Å². The molecule has 0 spiro atoms. The lowest BCUT2D eigenvalue weighted by molar-refractivity contribution is -0.253. The van der Waals surface area contributed by atoms with Crippen molar-refractivity contribution in [2.24, 2.45) is 0 Å².